The van der Waals surface area contributed by atoms with Gasteiger partial charge < -0.3 is 14.6 Å². The van der Waals surface area contributed by atoms with Crippen molar-refractivity contribution in [1.29, 1.82) is 0 Å². The van der Waals surface area contributed by atoms with Crippen LogP contribution in [0.4, 0.5) is 0 Å². The lowest BCUT2D eigenvalue weighted by atomic mass is 9.70. The molecule has 1 aliphatic carbocycles. The highest BCUT2D eigenvalue weighted by molar-refractivity contribution is 5.71. The number of carbonyl (C=O) groups excluding carboxylic acids is 1. The Hall–Kier alpha value is -2.77. The van der Waals surface area contributed by atoms with Crippen LogP contribution < -0.4 is 4.74 Å². The lowest BCUT2D eigenvalue weighted by Crippen LogP contribution is -2.26. The number of aliphatic hydroxyl groups is 1. The van der Waals surface area contributed by atoms with Gasteiger partial charge in [-0.2, -0.15) is 0 Å². The second kappa shape index (κ2) is 10.5. The van der Waals surface area contributed by atoms with Gasteiger partial charge in [0.05, 0.1) is 0 Å². The Kier molecular flexibility index (Phi) is 7.57. The molecule has 4 nitrogen and oxygen atoms in total. The predicted octanol–water partition coefficient (Wildman–Crippen LogP) is 6.15. The molecular weight excluding hydrogens is 436 g/mol. The third-order valence-corrected chi connectivity index (χ3v) is 7.97. The zero-order valence-corrected chi connectivity index (χ0v) is 21.6. The summed E-state index contributed by atoms with van der Waals surface area (Å²) in [4.78, 5) is 11.3. The molecule has 0 unspecified atom stereocenters. The lowest BCUT2D eigenvalue weighted by Gasteiger charge is -2.34. The molecule has 0 radical (unpaired) electrons. The van der Waals surface area contributed by atoms with Crippen LogP contribution in [0.2, 0.25) is 0 Å². The fourth-order valence-electron chi connectivity index (χ4n) is 5.59. The van der Waals surface area contributed by atoms with Crippen molar-refractivity contribution in [1.82, 2.24) is 0 Å². The molecule has 4 rings (SSSR count). The third kappa shape index (κ3) is 5.41. The van der Waals surface area contributed by atoms with Crippen LogP contribution in [0.3, 0.4) is 0 Å². The van der Waals surface area contributed by atoms with Crippen molar-refractivity contribution in [3.63, 3.8) is 0 Å². The molecule has 1 aliphatic heterocycles. The topological polar surface area (TPSA) is 55.8 Å². The van der Waals surface area contributed by atoms with E-state index in [-0.39, 0.29) is 17.5 Å². The molecule has 1 heterocycles. The minimum atomic E-state index is -0.817. The SMILES string of the molecule is CCC(CC)(c1ccc(C#CC2(O)CCCC2)c(C)c1)c1ccc(OC[C@@H]2CCC(=O)O2)c(C)c1. The Bertz CT molecular complexity index is 1130. The summed E-state index contributed by atoms with van der Waals surface area (Å²) in [6, 6.07) is 13.1. The molecule has 0 bridgehead atoms. The Morgan fingerprint density at radius 3 is 2.29 bits per heavy atom. The second-order valence-corrected chi connectivity index (χ2v) is 10.2. The summed E-state index contributed by atoms with van der Waals surface area (Å²) in [7, 11) is 0. The van der Waals surface area contributed by atoms with Crippen molar-refractivity contribution in [3.05, 3.63) is 64.2 Å². The van der Waals surface area contributed by atoms with Gasteiger partial charge in [0.15, 0.2) is 0 Å². The summed E-state index contributed by atoms with van der Waals surface area (Å²) >= 11 is 0. The van der Waals surface area contributed by atoms with Crippen LogP contribution in [0.15, 0.2) is 36.4 Å². The molecule has 1 saturated heterocycles. The fraction of sp³-hybridized carbons (Fsp3) is 0.516. The fourth-order valence-corrected chi connectivity index (χ4v) is 5.59. The van der Waals surface area contributed by atoms with Gasteiger partial charge in [-0.3, -0.25) is 4.79 Å². The Labute approximate surface area is 210 Å². The Morgan fingerprint density at radius 1 is 1.06 bits per heavy atom. The molecule has 2 aliphatic rings. The lowest BCUT2D eigenvalue weighted by molar-refractivity contribution is -0.142. The largest absolute Gasteiger partial charge is 0.489 e. The predicted molar refractivity (Wildman–Crippen MR) is 139 cm³/mol. The number of hydrogen-bond donors (Lipinski definition) is 1. The van der Waals surface area contributed by atoms with Crippen molar-refractivity contribution >= 4 is 5.97 Å². The molecule has 2 fully saturated rings. The highest BCUT2D eigenvalue weighted by Crippen LogP contribution is 2.41. The minimum absolute atomic E-state index is 0.107. The summed E-state index contributed by atoms with van der Waals surface area (Å²) < 4.78 is 11.3. The molecule has 2 aromatic carbocycles. The zero-order valence-electron chi connectivity index (χ0n) is 21.6. The normalized spacial score (nSPS) is 19.2. The number of benzene rings is 2. The summed E-state index contributed by atoms with van der Waals surface area (Å²) in [5.41, 5.74) is 4.86. The molecule has 4 heteroatoms. The van der Waals surface area contributed by atoms with Gasteiger partial charge >= 0.3 is 5.97 Å². The maximum absolute atomic E-state index is 11.3. The monoisotopic (exact) mass is 474 g/mol. The van der Waals surface area contributed by atoms with Crippen LogP contribution in [0, 0.1) is 25.7 Å². The number of hydrogen-bond acceptors (Lipinski definition) is 4. The highest BCUT2D eigenvalue weighted by Gasteiger charge is 2.32. The van der Waals surface area contributed by atoms with E-state index in [2.05, 4.69) is 75.9 Å². The van der Waals surface area contributed by atoms with E-state index < -0.39 is 5.60 Å². The highest BCUT2D eigenvalue weighted by atomic mass is 16.6. The molecule has 2 aromatic rings. The van der Waals surface area contributed by atoms with E-state index in [0.29, 0.717) is 13.0 Å². The van der Waals surface area contributed by atoms with Crippen molar-refractivity contribution in [2.24, 2.45) is 0 Å². The van der Waals surface area contributed by atoms with E-state index in [0.717, 1.165) is 67.4 Å². The third-order valence-electron chi connectivity index (χ3n) is 7.97. The average Bonchev–Trinajstić information content (AvgIpc) is 3.47. The first-order chi connectivity index (χ1) is 16.8. The quantitative estimate of drug-likeness (QED) is 0.386. The summed E-state index contributed by atoms with van der Waals surface area (Å²) in [6.07, 6.45) is 6.66. The molecule has 0 aromatic heterocycles. The van der Waals surface area contributed by atoms with Gasteiger partial charge in [-0.1, -0.05) is 50.0 Å². The van der Waals surface area contributed by atoms with Gasteiger partial charge in [0.25, 0.3) is 0 Å². The van der Waals surface area contributed by atoms with Crippen molar-refractivity contribution in [2.75, 3.05) is 6.61 Å². The van der Waals surface area contributed by atoms with E-state index in [4.69, 9.17) is 9.47 Å². The van der Waals surface area contributed by atoms with Crippen molar-refractivity contribution in [2.45, 2.75) is 96.2 Å². The van der Waals surface area contributed by atoms with Crippen LogP contribution in [0.1, 0.15) is 93.0 Å². The van der Waals surface area contributed by atoms with Gasteiger partial charge in [0.2, 0.25) is 0 Å². The summed E-state index contributed by atoms with van der Waals surface area (Å²) in [5.74, 6) is 7.11. The van der Waals surface area contributed by atoms with E-state index in [1.165, 1.54) is 11.1 Å². The minimum Gasteiger partial charge on any atom is -0.489 e. The first kappa shape index (κ1) is 25.3. The number of esters is 1. The molecule has 1 saturated carbocycles. The van der Waals surface area contributed by atoms with Crippen LogP contribution in [-0.2, 0) is 14.9 Å². The van der Waals surface area contributed by atoms with Gasteiger partial charge in [-0.15, -0.1) is 0 Å². The average molecular weight is 475 g/mol. The maximum Gasteiger partial charge on any atom is 0.306 e. The first-order valence-corrected chi connectivity index (χ1v) is 13.1. The van der Waals surface area contributed by atoms with Gasteiger partial charge in [-0.25, -0.2) is 0 Å². The van der Waals surface area contributed by atoms with E-state index in [9.17, 15) is 9.90 Å². The van der Waals surface area contributed by atoms with Crippen LogP contribution >= 0.6 is 0 Å². The molecule has 0 amide bonds. The molecule has 1 atom stereocenters. The molecular formula is C31H38O4. The van der Waals surface area contributed by atoms with Crippen LogP contribution in [0.5, 0.6) is 5.75 Å². The van der Waals surface area contributed by atoms with E-state index in [1.807, 2.05) is 0 Å². The smallest absolute Gasteiger partial charge is 0.306 e. The van der Waals surface area contributed by atoms with E-state index >= 15 is 0 Å². The maximum atomic E-state index is 11.3. The number of cyclic esters (lactones) is 1. The number of carbonyl (C=O) groups is 1. The second-order valence-electron chi connectivity index (χ2n) is 10.2. The Balaban J connectivity index is 1.57. The van der Waals surface area contributed by atoms with Crippen LogP contribution in [0.25, 0.3) is 0 Å². The van der Waals surface area contributed by atoms with Crippen molar-refractivity contribution in [3.8, 4) is 17.6 Å². The molecule has 0 spiro atoms. The number of rotatable bonds is 7. The number of aryl methyl sites for hydroxylation is 2. The van der Waals surface area contributed by atoms with Crippen molar-refractivity contribution < 1.29 is 19.4 Å². The molecule has 1 N–H and O–H groups in total. The van der Waals surface area contributed by atoms with Gasteiger partial charge in [-0.05, 0) is 93.2 Å². The van der Waals surface area contributed by atoms with Crippen LogP contribution in [-0.4, -0.2) is 29.4 Å². The van der Waals surface area contributed by atoms with Gasteiger partial charge in [0, 0.05) is 17.4 Å². The molecule has 186 valence electrons. The Morgan fingerprint density at radius 2 is 1.71 bits per heavy atom. The summed E-state index contributed by atoms with van der Waals surface area (Å²) in [5, 5.41) is 10.6. The van der Waals surface area contributed by atoms with E-state index in [1.54, 1.807) is 0 Å². The van der Waals surface area contributed by atoms with Gasteiger partial charge in [0.1, 0.15) is 24.1 Å². The standard InChI is InChI=1S/C31H38O4/c1-5-31(6-2,25-10-9-24(22(3)19-25)15-18-30(33)16-7-8-17-30)26-11-13-28(23(4)20-26)34-21-27-12-14-29(32)35-27/h9-11,13,19-20,27,33H,5-8,12,14,16-17,21H2,1-4H3/t27-/m0/s1. The first-order valence-electron chi connectivity index (χ1n) is 13.1. The number of ether oxygens (including phenoxy) is 2. The summed E-state index contributed by atoms with van der Waals surface area (Å²) in [6.45, 7) is 9.08. The zero-order chi connectivity index (χ0) is 25.1. The molecule has 35 heavy (non-hydrogen) atoms.